The summed E-state index contributed by atoms with van der Waals surface area (Å²) in [6, 6.07) is 0. The molecule has 0 amide bonds. The zero-order valence-electron chi connectivity index (χ0n) is 12.9. The third-order valence-electron chi connectivity index (χ3n) is 3.49. The van der Waals surface area contributed by atoms with Crippen LogP contribution < -0.4 is 5.73 Å². The van der Waals surface area contributed by atoms with Gasteiger partial charge in [0.25, 0.3) is 0 Å². The van der Waals surface area contributed by atoms with Crippen molar-refractivity contribution in [2.75, 3.05) is 51.6 Å². The van der Waals surface area contributed by atoms with Gasteiger partial charge in [0.05, 0.1) is 18.5 Å². The van der Waals surface area contributed by atoms with Crippen LogP contribution >= 0.6 is 0 Å². The van der Waals surface area contributed by atoms with Gasteiger partial charge >= 0.3 is 0 Å². The molecule has 1 rings (SSSR count). The lowest BCUT2D eigenvalue weighted by Gasteiger charge is -2.35. The van der Waals surface area contributed by atoms with Gasteiger partial charge < -0.3 is 15.4 Å². The van der Waals surface area contributed by atoms with Gasteiger partial charge in [-0.3, -0.25) is 0 Å². The summed E-state index contributed by atoms with van der Waals surface area (Å²) in [4.78, 5) is 2.29. The minimum Gasteiger partial charge on any atom is -0.378 e. The summed E-state index contributed by atoms with van der Waals surface area (Å²) < 4.78 is 31.2. The molecule has 2 N–H and O–H groups in total. The average Bonchev–Trinajstić information content (AvgIpc) is 2.38. The molecule has 1 saturated heterocycles. The fourth-order valence-electron chi connectivity index (χ4n) is 2.22. The third kappa shape index (κ3) is 6.05. The van der Waals surface area contributed by atoms with E-state index in [1.54, 1.807) is 4.31 Å². The van der Waals surface area contributed by atoms with Crippen molar-refractivity contribution in [3.8, 4) is 0 Å². The Bertz CT molecular complexity index is 365. The number of nitrogens with zero attached hydrogens (tertiary/aromatic N) is 2. The molecule has 1 aliphatic rings. The second-order valence-corrected chi connectivity index (χ2v) is 7.86. The van der Waals surface area contributed by atoms with Gasteiger partial charge in [-0.1, -0.05) is 6.92 Å². The molecule has 0 aliphatic carbocycles. The van der Waals surface area contributed by atoms with Gasteiger partial charge in [-0.05, 0) is 26.3 Å². The second kappa shape index (κ2) is 8.29. The Morgan fingerprint density at radius 3 is 2.25 bits per heavy atom. The van der Waals surface area contributed by atoms with Crippen LogP contribution in [-0.2, 0) is 14.8 Å². The van der Waals surface area contributed by atoms with E-state index in [0.29, 0.717) is 25.6 Å². The Balaban J connectivity index is 2.36. The van der Waals surface area contributed by atoms with E-state index in [0.717, 1.165) is 19.6 Å². The summed E-state index contributed by atoms with van der Waals surface area (Å²) in [6.07, 6.45) is 0.0693. The van der Waals surface area contributed by atoms with Gasteiger partial charge in [0.1, 0.15) is 0 Å². The number of nitrogens with two attached hydrogens (primary N) is 1. The van der Waals surface area contributed by atoms with Crippen molar-refractivity contribution < 1.29 is 13.2 Å². The Kier molecular flexibility index (Phi) is 7.39. The zero-order chi connectivity index (χ0) is 15.2. The number of hydrogen-bond acceptors (Lipinski definition) is 5. The number of ether oxygens (including phenoxy) is 1. The largest absolute Gasteiger partial charge is 0.378 e. The van der Waals surface area contributed by atoms with E-state index in [4.69, 9.17) is 10.5 Å². The lowest BCUT2D eigenvalue weighted by Crippen LogP contribution is -2.50. The van der Waals surface area contributed by atoms with Gasteiger partial charge in [0.2, 0.25) is 10.0 Å². The smallest absolute Gasteiger partial charge is 0.216 e. The maximum Gasteiger partial charge on any atom is 0.216 e. The third-order valence-corrected chi connectivity index (χ3v) is 5.32. The minimum absolute atomic E-state index is 0.0693. The van der Waals surface area contributed by atoms with Crippen LogP contribution in [0.4, 0.5) is 0 Å². The van der Waals surface area contributed by atoms with Gasteiger partial charge in [-0.15, -0.1) is 0 Å². The predicted molar refractivity (Wildman–Crippen MR) is 81.1 cm³/mol. The SMILES string of the molecule is CC(CN)CN1CCN(S(=O)(=O)CCOC(C)C)CC1. The maximum absolute atomic E-state index is 12.2. The first-order valence-corrected chi connectivity index (χ1v) is 8.98. The van der Waals surface area contributed by atoms with Crippen LogP contribution in [0.3, 0.4) is 0 Å². The molecular formula is C13H29N3O3S. The van der Waals surface area contributed by atoms with Crippen molar-refractivity contribution >= 4 is 10.0 Å². The quantitative estimate of drug-likeness (QED) is 0.681. The standard InChI is InChI=1S/C13H29N3O3S/c1-12(2)19-8-9-20(17,18)16-6-4-15(5-7-16)11-13(3)10-14/h12-13H,4-11,14H2,1-3H3. The monoisotopic (exact) mass is 307 g/mol. The molecule has 1 aliphatic heterocycles. The topological polar surface area (TPSA) is 75.9 Å². The van der Waals surface area contributed by atoms with Crippen LogP contribution in [-0.4, -0.2) is 75.4 Å². The highest BCUT2D eigenvalue weighted by molar-refractivity contribution is 7.89. The normalized spacial score (nSPS) is 20.4. The Morgan fingerprint density at radius 2 is 1.75 bits per heavy atom. The number of hydrogen-bond donors (Lipinski definition) is 1. The van der Waals surface area contributed by atoms with Crippen molar-refractivity contribution in [1.82, 2.24) is 9.21 Å². The molecular weight excluding hydrogens is 278 g/mol. The van der Waals surface area contributed by atoms with E-state index < -0.39 is 10.0 Å². The van der Waals surface area contributed by atoms with Gasteiger partial charge in [0.15, 0.2) is 0 Å². The summed E-state index contributed by atoms with van der Waals surface area (Å²) in [6.45, 7) is 10.5. The van der Waals surface area contributed by atoms with Crippen molar-refractivity contribution in [3.05, 3.63) is 0 Å². The zero-order valence-corrected chi connectivity index (χ0v) is 13.7. The molecule has 1 heterocycles. The molecule has 7 heteroatoms. The summed E-state index contributed by atoms with van der Waals surface area (Å²) >= 11 is 0. The predicted octanol–water partition coefficient (Wildman–Crippen LogP) is -0.0464. The summed E-state index contributed by atoms with van der Waals surface area (Å²) in [5.74, 6) is 0.530. The summed E-state index contributed by atoms with van der Waals surface area (Å²) in [5, 5.41) is 0. The van der Waals surface area contributed by atoms with E-state index in [-0.39, 0.29) is 18.5 Å². The van der Waals surface area contributed by atoms with Gasteiger partial charge in [-0.2, -0.15) is 4.31 Å². The number of piperazine rings is 1. The first-order chi connectivity index (χ1) is 9.35. The van der Waals surface area contributed by atoms with E-state index in [1.807, 2.05) is 13.8 Å². The van der Waals surface area contributed by atoms with Crippen LogP contribution in [0.15, 0.2) is 0 Å². The lowest BCUT2D eigenvalue weighted by atomic mass is 10.1. The first-order valence-electron chi connectivity index (χ1n) is 7.37. The Hall–Kier alpha value is -0.210. The van der Waals surface area contributed by atoms with Crippen molar-refractivity contribution in [3.63, 3.8) is 0 Å². The molecule has 1 atom stereocenters. The molecule has 6 nitrogen and oxygen atoms in total. The van der Waals surface area contributed by atoms with E-state index in [2.05, 4.69) is 11.8 Å². The summed E-state index contributed by atoms with van der Waals surface area (Å²) in [5.41, 5.74) is 5.62. The lowest BCUT2D eigenvalue weighted by molar-refractivity contribution is 0.0901. The highest BCUT2D eigenvalue weighted by Gasteiger charge is 2.27. The van der Waals surface area contributed by atoms with E-state index >= 15 is 0 Å². The first kappa shape index (κ1) is 17.8. The van der Waals surface area contributed by atoms with E-state index in [1.165, 1.54) is 0 Å². The number of rotatable bonds is 8. The highest BCUT2D eigenvalue weighted by Crippen LogP contribution is 2.10. The van der Waals surface area contributed by atoms with Gasteiger partial charge in [0, 0.05) is 32.7 Å². The molecule has 1 fully saturated rings. The molecule has 0 spiro atoms. The van der Waals surface area contributed by atoms with Crippen LogP contribution in [0.1, 0.15) is 20.8 Å². The molecule has 0 aromatic carbocycles. The molecule has 0 bridgehead atoms. The van der Waals surface area contributed by atoms with Crippen LogP contribution in [0.25, 0.3) is 0 Å². The van der Waals surface area contributed by atoms with Crippen molar-refractivity contribution in [1.29, 1.82) is 0 Å². The van der Waals surface area contributed by atoms with Crippen molar-refractivity contribution in [2.45, 2.75) is 26.9 Å². The molecule has 0 aromatic heterocycles. The van der Waals surface area contributed by atoms with Crippen LogP contribution in [0.2, 0.25) is 0 Å². The average molecular weight is 307 g/mol. The fraction of sp³-hybridized carbons (Fsp3) is 1.00. The molecule has 0 saturated carbocycles. The molecule has 120 valence electrons. The highest BCUT2D eigenvalue weighted by atomic mass is 32.2. The Morgan fingerprint density at radius 1 is 1.15 bits per heavy atom. The Labute approximate surface area is 123 Å². The summed E-state index contributed by atoms with van der Waals surface area (Å²) in [7, 11) is -3.18. The molecule has 0 aromatic rings. The maximum atomic E-state index is 12.2. The van der Waals surface area contributed by atoms with Crippen LogP contribution in [0, 0.1) is 5.92 Å². The fourth-order valence-corrected chi connectivity index (χ4v) is 3.51. The van der Waals surface area contributed by atoms with E-state index in [9.17, 15) is 8.42 Å². The van der Waals surface area contributed by atoms with Crippen LogP contribution in [0.5, 0.6) is 0 Å². The van der Waals surface area contributed by atoms with Crippen molar-refractivity contribution in [2.24, 2.45) is 11.7 Å². The minimum atomic E-state index is -3.18. The number of sulfonamides is 1. The van der Waals surface area contributed by atoms with Gasteiger partial charge in [-0.25, -0.2) is 8.42 Å². The molecule has 0 radical (unpaired) electrons. The molecule has 20 heavy (non-hydrogen) atoms. The molecule has 1 unspecified atom stereocenters. The second-order valence-electron chi connectivity index (χ2n) is 5.78.